The van der Waals surface area contributed by atoms with E-state index < -0.39 is 7.32 Å². The summed E-state index contributed by atoms with van der Waals surface area (Å²) in [5.41, 5.74) is 2.31. The van der Waals surface area contributed by atoms with Crippen molar-refractivity contribution in [2.24, 2.45) is 0 Å². The van der Waals surface area contributed by atoms with Gasteiger partial charge in [-0.25, -0.2) is 0 Å². The molecular formula is C19H24BNO3. The first-order chi connectivity index (χ1) is 11.7. The third kappa shape index (κ3) is 4.68. The Hall–Kier alpha value is -1.66. The van der Waals surface area contributed by atoms with Crippen molar-refractivity contribution in [2.45, 2.75) is 18.6 Å². The van der Waals surface area contributed by atoms with Crippen LogP contribution >= 0.6 is 0 Å². The topological polar surface area (TPSA) is 30.9 Å². The van der Waals surface area contributed by atoms with E-state index in [1.807, 2.05) is 50.5 Å². The molecule has 5 heteroatoms. The van der Waals surface area contributed by atoms with E-state index >= 15 is 0 Å². The molecule has 2 atom stereocenters. The first-order valence-electron chi connectivity index (χ1n) is 8.39. The molecule has 2 aromatic carbocycles. The Morgan fingerprint density at radius 2 is 1.42 bits per heavy atom. The minimum atomic E-state index is -0.644. The van der Waals surface area contributed by atoms with Gasteiger partial charge in [0.2, 0.25) is 0 Å². The quantitative estimate of drug-likeness (QED) is 0.761. The van der Waals surface area contributed by atoms with Gasteiger partial charge in [-0.3, -0.25) is 0 Å². The van der Waals surface area contributed by atoms with E-state index in [1.165, 1.54) is 0 Å². The number of hydrogen-bond acceptors (Lipinski definition) is 4. The van der Waals surface area contributed by atoms with E-state index in [1.54, 1.807) is 0 Å². The predicted octanol–water partition coefficient (Wildman–Crippen LogP) is 3.47. The molecule has 1 aliphatic rings. The molecule has 2 aromatic rings. The third-order valence-corrected chi connectivity index (χ3v) is 4.11. The molecule has 1 fully saturated rings. The summed E-state index contributed by atoms with van der Waals surface area (Å²) in [6, 6.07) is 20.5. The highest BCUT2D eigenvalue weighted by molar-refractivity contribution is 6.36. The normalized spacial score (nSPS) is 21.2. The Morgan fingerprint density at radius 1 is 0.917 bits per heavy atom. The van der Waals surface area contributed by atoms with Crippen molar-refractivity contribution in [1.29, 1.82) is 0 Å². The van der Waals surface area contributed by atoms with Gasteiger partial charge in [0, 0.05) is 19.6 Å². The van der Waals surface area contributed by atoms with Gasteiger partial charge in [-0.15, -0.1) is 0 Å². The lowest BCUT2D eigenvalue weighted by atomic mass is 9.94. The summed E-state index contributed by atoms with van der Waals surface area (Å²) in [4.78, 5) is 2.08. The van der Waals surface area contributed by atoms with Crippen molar-refractivity contribution < 1.29 is 14.0 Å². The summed E-state index contributed by atoms with van der Waals surface area (Å²) in [7, 11) is 3.39. The zero-order valence-electron chi connectivity index (χ0n) is 14.3. The highest BCUT2D eigenvalue weighted by Gasteiger charge is 2.37. The minimum Gasteiger partial charge on any atom is -0.385 e. The lowest BCUT2D eigenvalue weighted by Crippen LogP contribution is -2.38. The molecule has 4 nitrogen and oxygen atoms in total. The average molecular weight is 325 g/mol. The number of nitrogens with zero attached hydrogens (tertiary/aromatic N) is 1. The maximum Gasteiger partial charge on any atom is 0.640 e. The van der Waals surface area contributed by atoms with Gasteiger partial charge >= 0.3 is 7.32 Å². The number of likely N-dealkylation sites (N-methyl/N-ethyl adjacent to an activating group) is 1. The van der Waals surface area contributed by atoms with Crippen LogP contribution < -0.4 is 0 Å². The summed E-state index contributed by atoms with van der Waals surface area (Å²) in [6.45, 7) is 1.40. The van der Waals surface area contributed by atoms with Crippen molar-refractivity contribution in [3.05, 3.63) is 71.8 Å². The molecule has 0 unspecified atom stereocenters. The summed E-state index contributed by atoms with van der Waals surface area (Å²) >= 11 is 0. The lowest BCUT2D eigenvalue weighted by Gasteiger charge is -2.34. The predicted molar refractivity (Wildman–Crippen MR) is 95.4 cm³/mol. The van der Waals surface area contributed by atoms with E-state index in [4.69, 9.17) is 14.0 Å². The molecule has 1 saturated heterocycles. The lowest BCUT2D eigenvalue weighted by molar-refractivity contribution is -0.0366. The molecule has 0 spiro atoms. The fraction of sp³-hybridized carbons (Fsp3) is 0.368. The van der Waals surface area contributed by atoms with Gasteiger partial charge in [0.25, 0.3) is 0 Å². The highest BCUT2D eigenvalue weighted by Crippen LogP contribution is 2.37. The van der Waals surface area contributed by atoms with E-state index in [-0.39, 0.29) is 12.2 Å². The number of hydrogen-bond donors (Lipinski definition) is 0. The van der Waals surface area contributed by atoms with Crippen LogP contribution in [-0.4, -0.2) is 39.5 Å². The highest BCUT2D eigenvalue weighted by atomic mass is 16.7. The van der Waals surface area contributed by atoms with Crippen LogP contribution in [0.25, 0.3) is 0 Å². The van der Waals surface area contributed by atoms with Crippen LogP contribution in [-0.2, 0) is 14.0 Å². The molecule has 0 aliphatic carbocycles. The second kappa shape index (κ2) is 8.44. The van der Waals surface area contributed by atoms with Crippen LogP contribution in [0.3, 0.4) is 0 Å². The van der Waals surface area contributed by atoms with Crippen LogP contribution in [0.2, 0.25) is 0 Å². The first kappa shape index (κ1) is 17.2. The van der Waals surface area contributed by atoms with E-state index in [0.29, 0.717) is 6.61 Å². The van der Waals surface area contributed by atoms with Crippen molar-refractivity contribution in [2.75, 3.05) is 27.2 Å². The van der Waals surface area contributed by atoms with Gasteiger partial charge in [0.15, 0.2) is 0 Å². The summed E-state index contributed by atoms with van der Waals surface area (Å²) in [5.74, 6) is 0. The Bertz CT molecular complexity index is 561. The van der Waals surface area contributed by atoms with Crippen molar-refractivity contribution in [3.63, 3.8) is 0 Å². The van der Waals surface area contributed by atoms with Gasteiger partial charge < -0.3 is 18.9 Å². The summed E-state index contributed by atoms with van der Waals surface area (Å²) in [5, 5.41) is 0. The summed E-state index contributed by atoms with van der Waals surface area (Å²) in [6.07, 6.45) is 0.714. The molecular weight excluding hydrogens is 301 g/mol. The maximum absolute atomic E-state index is 6.04. The van der Waals surface area contributed by atoms with Crippen LogP contribution in [0.1, 0.15) is 29.8 Å². The van der Waals surface area contributed by atoms with Crippen molar-refractivity contribution >= 4 is 7.32 Å². The molecule has 0 amide bonds. The molecule has 0 N–H and O–H groups in total. The van der Waals surface area contributed by atoms with Crippen LogP contribution in [0, 0.1) is 0 Å². The van der Waals surface area contributed by atoms with E-state index in [9.17, 15) is 0 Å². The number of rotatable bonds is 6. The third-order valence-electron chi connectivity index (χ3n) is 4.11. The van der Waals surface area contributed by atoms with Gasteiger partial charge in [-0.1, -0.05) is 60.7 Å². The Kier molecular flexibility index (Phi) is 6.04. The van der Waals surface area contributed by atoms with E-state index in [2.05, 4.69) is 29.2 Å². The summed E-state index contributed by atoms with van der Waals surface area (Å²) < 4.78 is 17.9. The molecule has 1 aliphatic heterocycles. The molecule has 0 aromatic heterocycles. The second-order valence-corrected chi connectivity index (χ2v) is 6.27. The first-order valence-corrected chi connectivity index (χ1v) is 8.39. The van der Waals surface area contributed by atoms with Crippen LogP contribution in [0.5, 0.6) is 0 Å². The zero-order valence-corrected chi connectivity index (χ0v) is 14.3. The Labute approximate surface area is 144 Å². The average Bonchev–Trinajstić information content (AvgIpc) is 2.63. The van der Waals surface area contributed by atoms with Gasteiger partial charge in [0.05, 0.1) is 12.2 Å². The van der Waals surface area contributed by atoms with Crippen molar-refractivity contribution in [3.8, 4) is 0 Å². The monoisotopic (exact) mass is 325 g/mol. The minimum absolute atomic E-state index is 0.0329. The van der Waals surface area contributed by atoms with Gasteiger partial charge in [0.1, 0.15) is 0 Å². The van der Waals surface area contributed by atoms with Crippen LogP contribution in [0.4, 0.5) is 0 Å². The molecule has 1 heterocycles. The molecule has 0 bridgehead atoms. The second-order valence-electron chi connectivity index (χ2n) is 6.27. The van der Waals surface area contributed by atoms with E-state index in [0.717, 1.165) is 24.1 Å². The molecule has 0 saturated carbocycles. The number of benzene rings is 2. The molecule has 3 rings (SSSR count). The Balaban J connectivity index is 1.73. The fourth-order valence-electron chi connectivity index (χ4n) is 2.78. The largest absolute Gasteiger partial charge is 0.640 e. The molecule has 24 heavy (non-hydrogen) atoms. The van der Waals surface area contributed by atoms with Crippen molar-refractivity contribution in [1.82, 2.24) is 4.90 Å². The van der Waals surface area contributed by atoms with Gasteiger partial charge in [-0.2, -0.15) is 0 Å². The van der Waals surface area contributed by atoms with Gasteiger partial charge in [-0.05, 0) is 25.2 Å². The molecule has 0 radical (unpaired) electrons. The SMILES string of the molecule is CN(C)CCOB1O[C@H](c2ccccc2)C[C@@H](c2ccccc2)O1. The maximum atomic E-state index is 6.04. The smallest absolute Gasteiger partial charge is 0.385 e. The Morgan fingerprint density at radius 3 is 1.88 bits per heavy atom. The standard InChI is InChI=1S/C19H24BNO3/c1-21(2)13-14-22-20-23-18(16-9-5-3-6-10-16)15-19(24-20)17-11-7-4-8-12-17/h3-12,18-19H,13-15H2,1-2H3/t18-,19-/m0/s1. The van der Waals surface area contributed by atoms with Crippen LogP contribution in [0.15, 0.2) is 60.7 Å². The molecule has 126 valence electrons. The zero-order chi connectivity index (χ0) is 16.8. The fourth-order valence-corrected chi connectivity index (χ4v) is 2.78.